The van der Waals surface area contributed by atoms with Gasteiger partial charge in [-0.2, -0.15) is 9.61 Å². The molecule has 0 spiro atoms. The normalized spacial score (nSPS) is 12.5. The second kappa shape index (κ2) is 6.26. The third-order valence-corrected chi connectivity index (χ3v) is 3.64. The van der Waals surface area contributed by atoms with Crippen LogP contribution in [0.3, 0.4) is 0 Å². The van der Waals surface area contributed by atoms with Crippen molar-refractivity contribution in [3.05, 3.63) is 64.2 Å². The molecule has 120 valence electrons. The Morgan fingerprint density at radius 3 is 2.70 bits per heavy atom. The monoisotopic (exact) mass is 313 g/mol. The highest BCUT2D eigenvalue weighted by Gasteiger charge is 2.13. The average molecular weight is 313 g/mol. The molecule has 0 unspecified atom stereocenters. The molecule has 0 aliphatic rings. The molecule has 0 fully saturated rings. The van der Waals surface area contributed by atoms with Gasteiger partial charge in [0.1, 0.15) is 24.1 Å². The van der Waals surface area contributed by atoms with Gasteiger partial charge >= 0.3 is 0 Å². The molecule has 0 saturated carbocycles. The van der Waals surface area contributed by atoms with E-state index in [1.54, 1.807) is 0 Å². The number of aliphatic hydroxyl groups is 1. The molecular formula is C17H19N3O3. The second-order valence-electron chi connectivity index (χ2n) is 5.57. The summed E-state index contributed by atoms with van der Waals surface area (Å²) in [6.45, 7) is 4.18. The summed E-state index contributed by atoms with van der Waals surface area (Å²) in [6, 6.07) is 12.7. The molecule has 6 nitrogen and oxygen atoms in total. The molecule has 0 saturated heterocycles. The van der Waals surface area contributed by atoms with Gasteiger partial charge in [-0.3, -0.25) is 4.79 Å². The van der Waals surface area contributed by atoms with E-state index in [2.05, 4.69) is 5.10 Å². The molecule has 1 N–H and O–H groups in total. The first-order valence-electron chi connectivity index (χ1n) is 7.47. The summed E-state index contributed by atoms with van der Waals surface area (Å²) in [5.74, 6) is 0.716. The van der Waals surface area contributed by atoms with Crippen molar-refractivity contribution in [3.63, 3.8) is 0 Å². The Hall–Kier alpha value is -2.60. The van der Waals surface area contributed by atoms with Crippen molar-refractivity contribution in [2.75, 3.05) is 6.61 Å². The van der Waals surface area contributed by atoms with Gasteiger partial charge in [0.2, 0.25) is 0 Å². The van der Waals surface area contributed by atoms with Crippen molar-refractivity contribution in [1.82, 2.24) is 14.2 Å². The standard InChI is InChI=1S/C17H19N3O3/c1-12-8-16-19(13(2)9-17(22)20(16)18-12)10-14(21)11-23-15-6-4-3-5-7-15/h3-9,14,21H,10-11H2,1-2H3/t14-/m0/s1. The number of benzene rings is 1. The third-order valence-electron chi connectivity index (χ3n) is 3.64. The molecule has 3 rings (SSSR count). The highest BCUT2D eigenvalue weighted by molar-refractivity contribution is 5.41. The van der Waals surface area contributed by atoms with Crippen molar-refractivity contribution < 1.29 is 9.84 Å². The molecule has 6 heteroatoms. The van der Waals surface area contributed by atoms with E-state index < -0.39 is 6.10 Å². The van der Waals surface area contributed by atoms with E-state index >= 15 is 0 Å². The minimum Gasteiger partial charge on any atom is -0.491 e. The van der Waals surface area contributed by atoms with E-state index in [1.807, 2.05) is 54.8 Å². The predicted octanol–water partition coefficient (Wildman–Crippen LogP) is 1.55. The molecule has 23 heavy (non-hydrogen) atoms. The number of para-hydroxylation sites is 1. The van der Waals surface area contributed by atoms with Gasteiger partial charge in [-0.25, -0.2) is 0 Å². The third kappa shape index (κ3) is 3.27. The largest absolute Gasteiger partial charge is 0.491 e. The smallest absolute Gasteiger partial charge is 0.274 e. The van der Waals surface area contributed by atoms with Crippen molar-refractivity contribution in [2.45, 2.75) is 26.5 Å². The minimum atomic E-state index is -0.699. The zero-order valence-corrected chi connectivity index (χ0v) is 13.1. The molecule has 0 radical (unpaired) electrons. The molecule has 0 bridgehead atoms. The molecule has 2 aromatic heterocycles. The first-order valence-corrected chi connectivity index (χ1v) is 7.47. The van der Waals surface area contributed by atoms with Crippen LogP contribution in [-0.4, -0.2) is 32.0 Å². The summed E-state index contributed by atoms with van der Waals surface area (Å²) in [6.07, 6.45) is -0.699. The number of hydrogen-bond acceptors (Lipinski definition) is 4. The zero-order chi connectivity index (χ0) is 16.4. The quantitative estimate of drug-likeness (QED) is 0.776. The molecule has 1 aromatic carbocycles. The summed E-state index contributed by atoms with van der Waals surface area (Å²) in [4.78, 5) is 12.0. The van der Waals surface area contributed by atoms with Gasteiger partial charge in [-0.15, -0.1) is 0 Å². The van der Waals surface area contributed by atoms with E-state index in [1.165, 1.54) is 10.6 Å². The topological polar surface area (TPSA) is 68.8 Å². The van der Waals surface area contributed by atoms with Gasteiger partial charge in [-0.05, 0) is 26.0 Å². The fourth-order valence-electron chi connectivity index (χ4n) is 2.55. The first kappa shape index (κ1) is 15.3. The number of rotatable bonds is 5. The van der Waals surface area contributed by atoms with Crippen LogP contribution in [0.25, 0.3) is 5.65 Å². The Labute approximate surface area is 133 Å². The van der Waals surface area contributed by atoms with Crippen LogP contribution >= 0.6 is 0 Å². The number of aromatic nitrogens is 3. The van der Waals surface area contributed by atoms with Gasteiger partial charge in [0.25, 0.3) is 5.56 Å². The molecule has 3 aromatic rings. The SMILES string of the molecule is Cc1cc2n(C[C@H](O)COc3ccccc3)c(C)cc(=O)n2n1. The van der Waals surface area contributed by atoms with Crippen LogP contribution in [0.5, 0.6) is 5.75 Å². The highest BCUT2D eigenvalue weighted by Crippen LogP contribution is 2.11. The fraction of sp³-hybridized carbons (Fsp3) is 0.294. The van der Waals surface area contributed by atoms with E-state index in [9.17, 15) is 9.90 Å². The Morgan fingerprint density at radius 1 is 1.22 bits per heavy atom. The summed E-state index contributed by atoms with van der Waals surface area (Å²) in [7, 11) is 0. The Bertz CT molecular complexity index is 868. The lowest BCUT2D eigenvalue weighted by Gasteiger charge is -2.17. The van der Waals surface area contributed by atoms with Crippen molar-refractivity contribution in [1.29, 1.82) is 0 Å². The first-order chi connectivity index (χ1) is 11.0. The van der Waals surface area contributed by atoms with Gasteiger partial charge in [-0.1, -0.05) is 18.2 Å². The predicted molar refractivity (Wildman–Crippen MR) is 86.9 cm³/mol. The van der Waals surface area contributed by atoms with Crippen molar-refractivity contribution >= 4 is 5.65 Å². The van der Waals surface area contributed by atoms with Crippen LogP contribution in [-0.2, 0) is 6.54 Å². The van der Waals surface area contributed by atoms with Crippen molar-refractivity contribution in [2.24, 2.45) is 0 Å². The highest BCUT2D eigenvalue weighted by atomic mass is 16.5. The lowest BCUT2D eigenvalue weighted by Crippen LogP contribution is -2.27. The summed E-state index contributed by atoms with van der Waals surface area (Å²) in [5, 5.41) is 14.5. The number of fused-ring (bicyclic) bond motifs is 1. The summed E-state index contributed by atoms with van der Waals surface area (Å²) >= 11 is 0. The van der Waals surface area contributed by atoms with Crippen LogP contribution in [0.4, 0.5) is 0 Å². The number of aliphatic hydroxyl groups excluding tert-OH is 1. The van der Waals surface area contributed by atoms with E-state index in [0.29, 0.717) is 17.9 Å². The maximum absolute atomic E-state index is 12.0. The van der Waals surface area contributed by atoms with Crippen molar-refractivity contribution in [3.8, 4) is 5.75 Å². The molecule has 0 aliphatic heterocycles. The summed E-state index contributed by atoms with van der Waals surface area (Å²) in [5.41, 5.74) is 2.04. The molecule has 0 amide bonds. The van der Waals surface area contributed by atoms with Crippen LogP contribution in [0.15, 0.2) is 47.3 Å². The van der Waals surface area contributed by atoms with E-state index in [4.69, 9.17) is 4.74 Å². The van der Waals surface area contributed by atoms with Crippen LogP contribution < -0.4 is 10.3 Å². The lowest BCUT2D eigenvalue weighted by atomic mass is 10.3. The zero-order valence-electron chi connectivity index (χ0n) is 13.1. The minimum absolute atomic E-state index is 0.170. The second-order valence-corrected chi connectivity index (χ2v) is 5.57. The van der Waals surface area contributed by atoms with E-state index in [-0.39, 0.29) is 12.2 Å². The molecular weight excluding hydrogens is 294 g/mol. The van der Waals surface area contributed by atoms with Gasteiger partial charge in [0.05, 0.1) is 12.2 Å². The Kier molecular flexibility index (Phi) is 4.16. The van der Waals surface area contributed by atoms with E-state index in [0.717, 1.165) is 11.4 Å². The van der Waals surface area contributed by atoms with Crippen LogP contribution in [0.2, 0.25) is 0 Å². The molecule has 2 heterocycles. The molecule has 0 aliphatic carbocycles. The van der Waals surface area contributed by atoms with Crippen LogP contribution in [0, 0.1) is 13.8 Å². The Balaban J connectivity index is 1.79. The Morgan fingerprint density at radius 2 is 1.96 bits per heavy atom. The van der Waals surface area contributed by atoms with Gasteiger partial charge in [0.15, 0.2) is 0 Å². The fourth-order valence-corrected chi connectivity index (χ4v) is 2.55. The number of hydrogen-bond donors (Lipinski definition) is 1. The number of ether oxygens (including phenoxy) is 1. The number of nitrogens with zero attached hydrogens (tertiary/aromatic N) is 3. The maximum atomic E-state index is 12.0. The maximum Gasteiger partial charge on any atom is 0.274 e. The molecule has 1 atom stereocenters. The van der Waals surface area contributed by atoms with Crippen LogP contribution in [0.1, 0.15) is 11.4 Å². The number of aryl methyl sites for hydroxylation is 2. The average Bonchev–Trinajstić information content (AvgIpc) is 2.93. The van der Waals surface area contributed by atoms with Gasteiger partial charge < -0.3 is 14.4 Å². The van der Waals surface area contributed by atoms with Gasteiger partial charge in [0, 0.05) is 17.8 Å². The lowest BCUT2D eigenvalue weighted by molar-refractivity contribution is 0.0926. The summed E-state index contributed by atoms with van der Waals surface area (Å²) < 4.78 is 8.80.